The van der Waals surface area contributed by atoms with Gasteiger partial charge in [0.15, 0.2) is 11.5 Å². The number of aromatic amines is 1. The van der Waals surface area contributed by atoms with Gasteiger partial charge in [-0.2, -0.15) is 10.2 Å². The van der Waals surface area contributed by atoms with Crippen molar-refractivity contribution >= 4 is 11.4 Å². The summed E-state index contributed by atoms with van der Waals surface area (Å²) in [5, 5.41) is 19.3. The molecule has 0 fully saturated rings. The van der Waals surface area contributed by atoms with Crippen LogP contribution in [0.4, 0.5) is 0 Å². The largest absolute Gasteiger partial charge is 0.506 e. The van der Waals surface area contributed by atoms with Gasteiger partial charge >= 0.3 is 0 Å². The van der Waals surface area contributed by atoms with Crippen LogP contribution in [0.2, 0.25) is 0 Å². The number of aromatic hydroxyl groups is 1. The van der Waals surface area contributed by atoms with Gasteiger partial charge in [0.1, 0.15) is 11.3 Å². The van der Waals surface area contributed by atoms with Crippen LogP contribution in [0.15, 0.2) is 33.2 Å². The number of ether oxygens (including phenoxy) is 2. The topological polar surface area (TPSA) is 96.3 Å². The summed E-state index contributed by atoms with van der Waals surface area (Å²) in [7, 11) is 3.11. The molecule has 1 aromatic carbocycles. The Morgan fingerprint density at radius 3 is 2.57 bits per heavy atom. The van der Waals surface area contributed by atoms with Crippen molar-refractivity contribution in [3.63, 3.8) is 0 Å². The summed E-state index contributed by atoms with van der Waals surface area (Å²) in [6.07, 6.45) is 2.88. The van der Waals surface area contributed by atoms with E-state index in [1.54, 1.807) is 20.3 Å². The third kappa shape index (κ3) is 3.52. The Morgan fingerprint density at radius 1 is 1.18 bits per heavy atom. The molecule has 1 aliphatic rings. The Hall–Kier alpha value is -3.09. The molecule has 2 N–H and O–H groups in total. The van der Waals surface area contributed by atoms with Gasteiger partial charge in [0.2, 0.25) is 0 Å². The number of nitrogens with zero attached hydrogens (tertiary/aromatic N) is 2. The maximum absolute atomic E-state index is 12.8. The molecule has 0 saturated carbocycles. The first-order valence-electron chi connectivity index (χ1n) is 9.31. The number of nitrogens with one attached hydrogen (secondary N) is 1. The average molecular weight is 383 g/mol. The number of aromatic nitrogens is 1. The van der Waals surface area contributed by atoms with E-state index in [1.807, 2.05) is 19.1 Å². The summed E-state index contributed by atoms with van der Waals surface area (Å²) in [6.45, 7) is 3.91. The molecule has 148 valence electrons. The van der Waals surface area contributed by atoms with E-state index in [9.17, 15) is 9.90 Å². The highest BCUT2D eigenvalue weighted by Gasteiger charge is 2.26. The van der Waals surface area contributed by atoms with Gasteiger partial charge in [-0.1, -0.05) is 25.5 Å². The molecule has 7 heteroatoms. The van der Waals surface area contributed by atoms with Gasteiger partial charge in [0.05, 0.1) is 19.9 Å². The van der Waals surface area contributed by atoms with Gasteiger partial charge in [0.25, 0.3) is 5.56 Å². The summed E-state index contributed by atoms with van der Waals surface area (Å²) in [5.74, 6) is 0.938. The smallest absolute Gasteiger partial charge is 0.261 e. The van der Waals surface area contributed by atoms with Crippen molar-refractivity contribution in [3.8, 4) is 28.4 Å². The number of para-hydroxylation sites is 1. The molecular formula is C21H25N3O4. The van der Waals surface area contributed by atoms with Crippen molar-refractivity contribution in [3.05, 3.63) is 39.8 Å². The number of aryl methyl sites for hydroxylation is 1. The van der Waals surface area contributed by atoms with Crippen LogP contribution in [-0.2, 0) is 6.42 Å². The van der Waals surface area contributed by atoms with Crippen molar-refractivity contribution in [2.24, 2.45) is 10.2 Å². The number of hydrogen-bond donors (Lipinski definition) is 2. The van der Waals surface area contributed by atoms with Gasteiger partial charge in [-0.15, -0.1) is 0 Å². The summed E-state index contributed by atoms with van der Waals surface area (Å²) in [5.41, 5.74) is 2.89. The van der Waals surface area contributed by atoms with Crippen molar-refractivity contribution in [2.45, 2.75) is 39.5 Å². The van der Waals surface area contributed by atoms with Gasteiger partial charge in [-0.05, 0) is 25.8 Å². The van der Waals surface area contributed by atoms with E-state index in [0.717, 1.165) is 18.6 Å². The van der Waals surface area contributed by atoms with Crippen LogP contribution in [0, 0.1) is 0 Å². The number of methoxy groups -OCH3 is 2. The van der Waals surface area contributed by atoms with Crippen LogP contribution in [-0.4, -0.2) is 35.7 Å². The van der Waals surface area contributed by atoms with E-state index in [1.165, 1.54) is 0 Å². The van der Waals surface area contributed by atoms with Crippen LogP contribution >= 0.6 is 0 Å². The predicted molar refractivity (Wildman–Crippen MR) is 110 cm³/mol. The first-order valence-corrected chi connectivity index (χ1v) is 9.31. The SMILES string of the molecule is CCCCc1[nH]c(=O)c(C2=NN=C(C)C2)c(O)c1-c1cccc(OC)c1OC. The second kappa shape index (κ2) is 8.29. The van der Waals surface area contributed by atoms with Crippen molar-refractivity contribution in [1.82, 2.24) is 4.98 Å². The Morgan fingerprint density at radius 2 is 1.96 bits per heavy atom. The van der Waals surface area contributed by atoms with E-state index < -0.39 is 0 Å². The van der Waals surface area contributed by atoms with Gasteiger partial charge in [0, 0.05) is 29.0 Å². The molecule has 0 amide bonds. The molecule has 2 heterocycles. The molecule has 0 bridgehead atoms. The molecule has 2 aromatic rings. The lowest BCUT2D eigenvalue weighted by Crippen LogP contribution is -2.21. The molecule has 0 aliphatic carbocycles. The number of H-pyrrole nitrogens is 1. The highest BCUT2D eigenvalue weighted by atomic mass is 16.5. The predicted octanol–water partition coefficient (Wildman–Crippen LogP) is 3.68. The summed E-state index contributed by atoms with van der Waals surface area (Å²) in [4.78, 5) is 15.7. The maximum Gasteiger partial charge on any atom is 0.261 e. The Bertz CT molecular complexity index is 1010. The zero-order chi connectivity index (χ0) is 20.3. The molecule has 0 unspecified atom stereocenters. The van der Waals surface area contributed by atoms with Crippen LogP contribution < -0.4 is 15.0 Å². The normalized spacial score (nSPS) is 13.3. The quantitative estimate of drug-likeness (QED) is 0.762. The number of benzene rings is 1. The molecule has 0 saturated heterocycles. The highest BCUT2D eigenvalue weighted by molar-refractivity contribution is 6.16. The van der Waals surface area contributed by atoms with E-state index >= 15 is 0 Å². The van der Waals surface area contributed by atoms with Crippen molar-refractivity contribution in [1.29, 1.82) is 0 Å². The molecule has 0 radical (unpaired) electrons. The van der Waals surface area contributed by atoms with Gasteiger partial charge in [-0.25, -0.2) is 0 Å². The van der Waals surface area contributed by atoms with E-state index in [0.29, 0.717) is 46.9 Å². The third-order valence-electron chi connectivity index (χ3n) is 4.77. The fraction of sp³-hybridized carbons (Fsp3) is 0.381. The minimum atomic E-state index is -0.363. The standard InChI is InChI=1S/C21H25N3O4/c1-5-6-9-14-17(13-8-7-10-16(27-3)20(13)28-4)19(25)18(21(26)22-14)15-11-12(2)23-24-15/h7-8,10H,5-6,9,11H2,1-4H3,(H2,22,25,26). The molecule has 0 spiro atoms. The molecule has 0 atom stereocenters. The lowest BCUT2D eigenvalue weighted by atomic mass is 9.94. The maximum atomic E-state index is 12.8. The second-order valence-corrected chi connectivity index (χ2v) is 6.73. The Labute approximate surface area is 163 Å². The molecule has 1 aromatic heterocycles. The fourth-order valence-corrected chi connectivity index (χ4v) is 3.42. The van der Waals surface area contributed by atoms with Crippen LogP contribution in [0.5, 0.6) is 17.2 Å². The average Bonchev–Trinajstić information content (AvgIpc) is 3.11. The third-order valence-corrected chi connectivity index (χ3v) is 4.77. The molecule has 1 aliphatic heterocycles. The Balaban J connectivity index is 2.28. The van der Waals surface area contributed by atoms with Crippen molar-refractivity contribution in [2.75, 3.05) is 14.2 Å². The Kier molecular flexibility index (Phi) is 5.82. The lowest BCUT2D eigenvalue weighted by Gasteiger charge is -2.18. The van der Waals surface area contributed by atoms with Crippen LogP contribution in [0.1, 0.15) is 44.4 Å². The number of hydrogen-bond acceptors (Lipinski definition) is 6. The second-order valence-electron chi connectivity index (χ2n) is 6.73. The summed E-state index contributed by atoms with van der Waals surface area (Å²) in [6, 6.07) is 5.45. The van der Waals surface area contributed by atoms with E-state index in [4.69, 9.17) is 9.47 Å². The van der Waals surface area contributed by atoms with Crippen LogP contribution in [0.25, 0.3) is 11.1 Å². The zero-order valence-corrected chi connectivity index (χ0v) is 16.6. The molecule has 28 heavy (non-hydrogen) atoms. The first kappa shape index (κ1) is 19.7. The van der Waals surface area contributed by atoms with E-state index in [2.05, 4.69) is 22.1 Å². The minimum absolute atomic E-state index is 0.106. The summed E-state index contributed by atoms with van der Waals surface area (Å²) >= 11 is 0. The zero-order valence-electron chi connectivity index (χ0n) is 16.6. The molecule has 3 rings (SSSR count). The fourth-order valence-electron chi connectivity index (χ4n) is 3.42. The summed E-state index contributed by atoms with van der Waals surface area (Å²) < 4.78 is 11.0. The minimum Gasteiger partial charge on any atom is -0.506 e. The van der Waals surface area contributed by atoms with E-state index in [-0.39, 0.29) is 16.9 Å². The van der Waals surface area contributed by atoms with Crippen LogP contribution in [0.3, 0.4) is 0 Å². The first-order chi connectivity index (χ1) is 13.5. The van der Waals surface area contributed by atoms with Crippen molar-refractivity contribution < 1.29 is 14.6 Å². The molecule has 7 nitrogen and oxygen atoms in total. The highest BCUT2D eigenvalue weighted by Crippen LogP contribution is 2.43. The monoisotopic (exact) mass is 383 g/mol. The van der Waals surface area contributed by atoms with Gasteiger partial charge in [-0.3, -0.25) is 4.79 Å². The van der Waals surface area contributed by atoms with Gasteiger partial charge < -0.3 is 19.6 Å². The molecular weight excluding hydrogens is 358 g/mol. The number of pyridine rings is 1. The number of unbranched alkanes of at least 4 members (excludes halogenated alkanes) is 1. The lowest BCUT2D eigenvalue weighted by molar-refractivity contribution is 0.356. The number of rotatable bonds is 7.